The van der Waals surface area contributed by atoms with Crippen molar-refractivity contribution in [2.75, 3.05) is 0 Å². The zero-order valence-electron chi connectivity index (χ0n) is 8.70. The maximum absolute atomic E-state index is 13.2. The SMILES string of the molecule is O[C@H](c1cccc(Cl)c1)c1cc(F)cc(Cl)c1. The van der Waals surface area contributed by atoms with Gasteiger partial charge >= 0.3 is 0 Å². The van der Waals surface area contributed by atoms with Gasteiger partial charge in [0.2, 0.25) is 0 Å². The van der Waals surface area contributed by atoms with E-state index >= 15 is 0 Å². The summed E-state index contributed by atoms with van der Waals surface area (Å²) < 4.78 is 13.2. The molecule has 0 aliphatic rings. The monoisotopic (exact) mass is 270 g/mol. The van der Waals surface area contributed by atoms with Crippen molar-refractivity contribution in [2.24, 2.45) is 0 Å². The average molecular weight is 271 g/mol. The molecular formula is C13H9Cl2FO. The average Bonchev–Trinajstić information content (AvgIpc) is 2.26. The van der Waals surface area contributed by atoms with Crippen molar-refractivity contribution in [1.82, 2.24) is 0 Å². The second kappa shape index (κ2) is 5.05. The van der Waals surface area contributed by atoms with Crippen LogP contribution in [0.1, 0.15) is 17.2 Å². The van der Waals surface area contributed by atoms with Crippen LogP contribution in [0.4, 0.5) is 4.39 Å². The molecule has 0 radical (unpaired) electrons. The normalized spacial score (nSPS) is 12.5. The van der Waals surface area contributed by atoms with E-state index in [1.165, 1.54) is 18.2 Å². The molecule has 1 N–H and O–H groups in total. The van der Waals surface area contributed by atoms with Crippen molar-refractivity contribution >= 4 is 23.2 Å². The lowest BCUT2D eigenvalue weighted by Gasteiger charge is -2.12. The van der Waals surface area contributed by atoms with Crippen molar-refractivity contribution in [1.29, 1.82) is 0 Å². The zero-order valence-corrected chi connectivity index (χ0v) is 10.2. The van der Waals surface area contributed by atoms with E-state index < -0.39 is 11.9 Å². The molecule has 0 amide bonds. The topological polar surface area (TPSA) is 20.2 Å². The van der Waals surface area contributed by atoms with Crippen LogP contribution in [0.15, 0.2) is 42.5 Å². The number of halogens is 3. The van der Waals surface area contributed by atoms with Gasteiger partial charge in [-0.05, 0) is 41.5 Å². The molecule has 0 saturated carbocycles. The lowest BCUT2D eigenvalue weighted by atomic mass is 10.0. The summed E-state index contributed by atoms with van der Waals surface area (Å²) in [7, 11) is 0. The fraction of sp³-hybridized carbons (Fsp3) is 0.0769. The number of aliphatic hydroxyl groups is 1. The summed E-state index contributed by atoms with van der Waals surface area (Å²) >= 11 is 11.6. The molecule has 1 atom stereocenters. The smallest absolute Gasteiger partial charge is 0.125 e. The van der Waals surface area contributed by atoms with Gasteiger partial charge in [0.25, 0.3) is 0 Å². The Morgan fingerprint density at radius 1 is 0.941 bits per heavy atom. The summed E-state index contributed by atoms with van der Waals surface area (Å²) in [5.41, 5.74) is 0.997. The fourth-order valence-electron chi connectivity index (χ4n) is 1.60. The van der Waals surface area contributed by atoms with Gasteiger partial charge in [0.15, 0.2) is 0 Å². The van der Waals surface area contributed by atoms with Gasteiger partial charge in [-0.2, -0.15) is 0 Å². The minimum Gasteiger partial charge on any atom is -0.384 e. The first-order valence-corrected chi connectivity index (χ1v) is 5.71. The maximum Gasteiger partial charge on any atom is 0.125 e. The standard InChI is InChI=1S/C13H9Cl2FO/c14-10-3-1-2-8(4-10)13(17)9-5-11(15)7-12(16)6-9/h1-7,13,17H/t13-/m1/s1. The number of rotatable bonds is 2. The Hall–Kier alpha value is -1.09. The molecule has 4 heteroatoms. The third kappa shape index (κ3) is 2.97. The summed E-state index contributed by atoms with van der Waals surface area (Å²) in [6.07, 6.45) is -0.943. The van der Waals surface area contributed by atoms with Crippen LogP contribution in [0.3, 0.4) is 0 Å². The molecule has 2 aromatic carbocycles. The van der Waals surface area contributed by atoms with Gasteiger partial charge in [-0.15, -0.1) is 0 Å². The van der Waals surface area contributed by atoms with Gasteiger partial charge in [0.05, 0.1) is 0 Å². The molecule has 1 nitrogen and oxygen atoms in total. The quantitative estimate of drug-likeness (QED) is 0.867. The number of aliphatic hydroxyl groups excluding tert-OH is 1. The molecule has 17 heavy (non-hydrogen) atoms. The largest absolute Gasteiger partial charge is 0.384 e. The Kier molecular flexibility index (Phi) is 3.67. The van der Waals surface area contributed by atoms with E-state index in [0.717, 1.165) is 0 Å². The molecule has 2 rings (SSSR count). The summed E-state index contributed by atoms with van der Waals surface area (Å²) in [5.74, 6) is -0.478. The van der Waals surface area contributed by atoms with Crippen LogP contribution in [-0.4, -0.2) is 5.11 Å². The van der Waals surface area contributed by atoms with E-state index in [-0.39, 0.29) is 5.02 Å². The number of hydrogen-bond acceptors (Lipinski definition) is 1. The molecule has 0 fully saturated rings. The number of benzene rings is 2. The molecule has 88 valence electrons. The second-order valence-electron chi connectivity index (χ2n) is 3.66. The molecule has 0 unspecified atom stereocenters. The van der Waals surface area contributed by atoms with Gasteiger partial charge in [0.1, 0.15) is 11.9 Å². The molecule has 0 bridgehead atoms. The van der Waals surface area contributed by atoms with Crippen LogP contribution in [0.2, 0.25) is 10.0 Å². The Bertz CT molecular complexity index is 522. The summed E-state index contributed by atoms with van der Waals surface area (Å²) in [6, 6.07) is 10.7. The van der Waals surface area contributed by atoms with E-state index in [1.807, 2.05) is 0 Å². The predicted octanol–water partition coefficient (Wildman–Crippen LogP) is 4.21. The highest BCUT2D eigenvalue weighted by Crippen LogP contribution is 2.26. The molecule has 2 aromatic rings. The van der Waals surface area contributed by atoms with Gasteiger partial charge in [0, 0.05) is 10.0 Å². The van der Waals surface area contributed by atoms with E-state index in [0.29, 0.717) is 16.1 Å². The van der Waals surface area contributed by atoms with Gasteiger partial charge in [-0.25, -0.2) is 4.39 Å². The van der Waals surface area contributed by atoms with Crippen molar-refractivity contribution in [3.05, 3.63) is 69.5 Å². The van der Waals surface area contributed by atoms with Gasteiger partial charge in [-0.1, -0.05) is 35.3 Å². The van der Waals surface area contributed by atoms with Crippen molar-refractivity contribution < 1.29 is 9.50 Å². The molecule has 0 aromatic heterocycles. The Labute approximate surface area is 108 Å². The second-order valence-corrected chi connectivity index (χ2v) is 4.53. The first kappa shape index (κ1) is 12.4. The molecule has 0 aliphatic carbocycles. The maximum atomic E-state index is 13.2. The van der Waals surface area contributed by atoms with E-state index in [9.17, 15) is 9.50 Å². The minimum atomic E-state index is -0.943. The van der Waals surface area contributed by atoms with E-state index in [1.54, 1.807) is 24.3 Å². The highest BCUT2D eigenvalue weighted by atomic mass is 35.5. The first-order chi connectivity index (χ1) is 8.06. The van der Waals surface area contributed by atoms with Crippen LogP contribution in [0, 0.1) is 5.82 Å². The highest BCUT2D eigenvalue weighted by molar-refractivity contribution is 6.31. The van der Waals surface area contributed by atoms with Crippen molar-refractivity contribution in [3.8, 4) is 0 Å². The fourth-order valence-corrected chi connectivity index (χ4v) is 2.03. The molecular weight excluding hydrogens is 262 g/mol. The van der Waals surface area contributed by atoms with Crippen LogP contribution < -0.4 is 0 Å². The third-order valence-electron chi connectivity index (χ3n) is 2.37. The van der Waals surface area contributed by atoms with Gasteiger partial charge in [-0.3, -0.25) is 0 Å². The Morgan fingerprint density at radius 2 is 1.65 bits per heavy atom. The van der Waals surface area contributed by atoms with Crippen LogP contribution in [0.5, 0.6) is 0 Å². The third-order valence-corrected chi connectivity index (χ3v) is 2.82. The summed E-state index contributed by atoms with van der Waals surface area (Å²) in [6.45, 7) is 0. The first-order valence-electron chi connectivity index (χ1n) is 4.96. The van der Waals surface area contributed by atoms with E-state index in [2.05, 4.69) is 0 Å². The summed E-state index contributed by atoms with van der Waals surface area (Å²) in [5, 5.41) is 10.8. The van der Waals surface area contributed by atoms with Crippen LogP contribution >= 0.6 is 23.2 Å². The molecule has 0 heterocycles. The molecule has 0 aliphatic heterocycles. The Balaban J connectivity index is 2.39. The van der Waals surface area contributed by atoms with Crippen LogP contribution in [-0.2, 0) is 0 Å². The Morgan fingerprint density at radius 3 is 2.29 bits per heavy atom. The van der Waals surface area contributed by atoms with Crippen molar-refractivity contribution in [3.63, 3.8) is 0 Å². The number of hydrogen-bond donors (Lipinski definition) is 1. The zero-order chi connectivity index (χ0) is 12.4. The lowest BCUT2D eigenvalue weighted by Crippen LogP contribution is -2.00. The van der Waals surface area contributed by atoms with Gasteiger partial charge < -0.3 is 5.11 Å². The summed E-state index contributed by atoms with van der Waals surface area (Å²) in [4.78, 5) is 0. The van der Waals surface area contributed by atoms with Crippen LogP contribution in [0.25, 0.3) is 0 Å². The molecule has 0 spiro atoms. The van der Waals surface area contributed by atoms with Crippen molar-refractivity contribution in [2.45, 2.75) is 6.10 Å². The lowest BCUT2D eigenvalue weighted by molar-refractivity contribution is 0.220. The highest BCUT2D eigenvalue weighted by Gasteiger charge is 2.12. The minimum absolute atomic E-state index is 0.251. The molecule has 0 saturated heterocycles. The predicted molar refractivity (Wildman–Crippen MR) is 66.9 cm³/mol. The van der Waals surface area contributed by atoms with E-state index in [4.69, 9.17) is 23.2 Å².